The summed E-state index contributed by atoms with van der Waals surface area (Å²) >= 11 is 9.05. The molecule has 14 heavy (non-hydrogen) atoms. The zero-order chi connectivity index (χ0) is 10.1. The number of nitrogens with zero attached hydrogens (tertiary/aromatic N) is 2. The molecular weight excluding hydrogens is 265 g/mol. The molecule has 1 heterocycles. The fourth-order valence-corrected chi connectivity index (χ4v) is 1.84. The number of hydrogen-bond donors (Lipinski definition) is 1. The molecule has 0 fully saturated rings. The van der Waals surface area contributed by atoms with Crippen molar-refractivity contribution in [2.45, 2.75) is 6.92 Å². The second-order valence-electron chi connectivity index (χ2n) is 2.91. The predicted molar refractivity (Wildman–Crippen MR) is 59.3 cm³/mol. The summed E-state index contributed by atoms with van der Waals surface area (Å²) in [4.78, 5) is 4.05. The second kappa shape index (κ2) is 3.71. The number of H-pyrrole nitrogens is 1. The van der Waals surface area contributed by atoms with Crippen LogP contribution in [0.5, 0.6) is 0 Å². The van der Waals surface area contributed by atoms with Gasteiger partial charge in [-0.3, -0.25) is 0 Å². The summed E-state index contributed by atoms with van der Waals surface area (Å²) in [6.07, 6.45) is 0. The van der Waals surface area contributed by atoms with Crippen molar-refractivity contribution in [3.05, 3.63) is 33.5 Å². The highest BCUT2D eigenvalue weighted by molar-refractivity contribution is 9.10. The van der Waals surface area contributed by atoms with Gasteiger partial charge >= 0.3 is 0 Å². The normalized spacial score (nSPS) is 10.5. The molecule has 3 nitrogen and oxygen atoms in total. The van der Waals surface area contributed by atoms with Crippen molar-refractivity contribution in [1.82, 2.24) is 15.2 Å². The molecule has 5 heteroatoms. The van der Waals surface area contributed by atoms with Crippen molar-refractivity contribution in [3.63, 3.8) is 0 Å². The maximum atomic E-state index is 5.66. The standard InChI is InChI=1S/C9H7BrClN3/c1-5-4-6(10)2-3-7(5)8-12-9(11)14-13-8/h2-4H,1H3,(H,12,13,14). The van der Waals surface area contributed by atoms with E-state index in [9.17, 15) is 0 Å². The van der Waals surface area contributed by atoms with Crippen molar-refractivity contribution in [3.8, 4) is 11.4 Å². The van der Waals surface area contributed by atoms with E-state index in [1.807, 2.05) is 25.1 Å². The van der Waals surface area contributed by atoms with Crippen LogP contribution in [0.3, 0.4) is 0 Å². The predicted octanol–water partition coefficient (Wildman–Crippen LogP) is 3.20. The lowest BCUT2D eigenvalue weighted by Crippen LogP contribution is -1.85. The van der Waals surface area contributed by atoms with E-state index in [4.69, 9.17) is 11.6 Å². The average molecular weight is 273 g/mol. The van der Waals surface area contributed by atoms with Gasteiger partial charge in [-0.1, -0.05) is 15.9 Å². The Morgan fingerprint density at radius 3 is 2.79 bits per heavy atom. The van der Waals surface area contributed by atoms with E-state index >= 15 is 0 Å². The van der Waals surface area contributed by atoms with Gasteiger partial charge in [0.1, 0.15) is 0 Å². The molecule has 72 valence electrons. The maximum Gasteiger partial charge on any atom is 0.218 e. The molecule has 1 aromatic heterocycles. The molecule has 0 amide bonds. The highest BCUT2D eigenvalue weighted by Gasteiger charge is 2.07. The van der Waals surface area contributed by atoms with Gasteiger partial charge in [0.2, 0.25) is 5.28 Å². The first kappa shape index (κ1) is 9.68. The summed E-state index contributed by atoms with van der Waals surface area (Å²) in [5.41, 5.74) is 2.09. The highest BCUT2D eigenvalue weighted by Crippen LogP contribution is 2.23. The van der Waals surface area contributed by atoms with Gasteiger partial charge in [0.15, 0.2) is 5.82 Å². The lowest BCUT2D eigenvalue weighted by atomic mass is 10.1. The zero-order valence-electron chi connectivity index (χ0n) is 7.38. The van der Waals surface area contributed by atoms with Crippen LogP contribution in [0.2, 0.25) is 5.28 Å². The summed E-state index contributed by atoms with van der Waals surface area (Å²) in [5.74, 6) is 0.625. The summed E-state index contributed by atoms with van der Waals surface area (Å²) in [6.45, 7) is 2.00. The third-order valence-electron chi connectivity index (χ3n) is 1.89. The number of aryl methyl sites for hydroxylation is 1. The van der Waals surface area contributed by atoms with Gasteiger partial charge in [-0.25, -0.2) is 5.10 Å². The quantitative estimate of drug-likeness (QED) is 0.866. The molecular formula is C9H7BrClN3. The van der Waals surface area contributed by atoms with Crippen molar-refractivity contribution in [2.24, 2.45) is 0 Å². The van der Waals surface area contributed by atoms with E-state index in [0.29, 0.717) is 11.1 Å². The monoisotopic (exact) mass is 271 g/mol. The minimum Gasteiger partial charge on any atom is -0.249 e. The third-order valence-corrected chi connectivity index (χ3v) is 2.55. The molecule has 2 rings (SSSR count). The van der Waals surface area contributed by atoms with Gasteiger partial charge in [0.25, 0.3) is 0 Å². The first-order valence-electron chi connectivity index (χ1n) is 4.01. The Kier molecular flexibility index (Phi) is 2.56. The Bertz CT molecular complexity index is 467. The molecule has 0 aliphatic carbocycles. The fourth-order valence-electron chi connectivity index (χ4n) is 1.24. The van der Waals surface area contributed by atoms with Gasteiger partial charge in [0, 0.05) is 10.0 Å². The van der Waals surface area contributed by atoms with E-state index in [-0.39, 0.29) is 0 Å². The van der Waals surface area contributed by atoms with E-state index < -0.39 is 0 Å². The van der Waals surface area contributed by atoms with E-state index in [2.05, 4.69) is 31.1 Å². The minimum atomic E-state index is 0.308. The van der Waals surface area contributed by atoms with Crippen LogP contribution in [-0.2, 0) is 0 Å². The second-order valence-corrected chi connectivity index (χ2v) is 4.18. The fraction of sp³-hybridized carbons (Fsp3) is 0.111. The van der Waals surface area contributed by atoms with Crippen molar-refractivity contribution in [2.75, 3.05) is 0 Å². The highest BCUT2D eigenvalue weighted by atomic mass is 79.9. The summed E-state index contributed by atoms with van der Waals surface area (Å²) < 4.78 is 1.04. The van der Waals surface area contributed by atoms with Crippen LogP contribution in [0.1, 0.15) is 5.56 Å². The third kappa shape index (κ3) is 1.81. The molecule has 0 aliphatic rings. The van der Waals surface area contributed by atoms with Crippen LogP contribution < -0.4 is 0 Å². The van der Waals surface area contributed by atoms with E-state index in [1.165, 1.54) is 0 Å². The van der Waals surface area contributed by atoms with Gasteiger partial charge in [0.05, 0.1) is 0 Å². The van der Waals surface area contributed by atoms with Crippen LogP contribution >= 0.6 is 27.5 Å². The Labute approximate surface area is 94.6 Å². The largest absolute Gasteiger partial charge is 0.249 e. The summed E-state index contributed by atoms with van der Waals surface area (Å²) in [6, 6.07) is 5.92. The topological polar surface area (TPSA) is 41.6 Å². The first-order chi connectivity index (χ1) is 6.66. The minimum absolute atomic E-state index is 0.308. The number of benzene rings is 1. The van der Waals surface area contributed by atoms with Crippen LogP contribution in [0.15, 0.2) is 22.7 Å². The molecule has 1 aromatic carbocycles. The Morgan fingerprint density at radius 1 is 1.43 bits per heavy atom. The van der Waals surface area contributed by atoms with Crippen LogP contribution in [0.4, 0.5) is 0 Å². The molecule has 0 atom stereocenters. The Balaban J connectivity index is 2.52. The van der Waals surface area contributed by atoms with Crippen LogP contribution in [0, 0.1) is 6.92 Å². The Hall–Kier alpha value is -0.870. The van der Waals surface area contributed by atoms with Crippen LogP contribution in [0.25, 0.3) is 11.4 Å². The number of nitrogens with one attached hydrogen (secondary N) is 1. The average Bonchev–Trinajstić information content (AvgIpc) is 2.51. The molecule has 0 spiro atoms. The molecule has 0 unspecified atom stereocenters. The van der Waals surface area contributed by atoms with Gasteiger partial charge in [-0.2, -0.15) is 10.1 Å². The molecule has 0 saturated heterocycles. The lowest BCUT2D eigenvalue weighted by Gasteiger charge is -2.00. The number of aromatic nitrogens is 3. The van der Waals surface area contributed by atoms with E-state index in [1.54, 1.807) is 0 Å². The zero-order valence-corrected chi connectivity index (χ0v) is 9.72. The molecule has 2 aromatic rings. The van der Waals surface area contributed by atoms with Crippen molar-refractivity contribution >= 4 is 27.5 Å². The first-order valence-corrected chi connectivity index (χ1v) is 5.18. The van der Waals surface area contributed by atoms with Crippen LogP contribution in [-0.4, -0.2) is 15.2 Å². The molecule has 0 bridgehead atoms. The number of hydrogen-bond acceptors (Lipinski definition) is 2. The summed E-state index contributed by atoms with van der Waals surface area (Å²) in [5, 5.41) is 6.90. The van der Waals surface area contributed by atoms with Crippen molar-refractivity contribution in [1.29, 1.82) is 0 Å². The van der Waals surface area contributed by atoms with E-state index in [0.717, 1.165) is 15.6 Å². The number of aromatic amines is 1. The molecule has 0 saturated carbocycles. The molecule has 0 radical (unpaired) electrons. The number of halogens is 2. The number of rotatable bonds is 1. The van der Waals surface area contributed by atoms with Gasteiger partial charge < -0.3 is 0 Å². The molecule has 0 aliphatic heterocycles. The Morgan fingerprint density at radius 2 is 2.21 bits per heavy atom. The summed E-state index contributed by atoms with van der Waals surface area (Å²) in [7, 11) is 0. The lowest BCUT2D eigenvalue weighted by molar-refractivity contribution is 1.09. The van der Waals surface area contributed by atoms with Crippen molar-refractivity contribution < 1.29 is 0 Å². The van der Waals surface area contributed by atoms with Gasteiger partial charge in [-0.05, 0) is 42.3 Å². The SMILES string of the molecule is Cc1cc(Br)ccc1-c1n[nH]c(Cl)n1. The maximum absolute atomic E-state index is 5.66. The molecule has 1 N–H and O–H groups in total. The van der Waals surface area contributed by atoms with Gasteiger partial charge in [-0.15, -0.1) is 0 Å². The smallest absolute Gasteiger partial charge is 0.218 e.